The first kappa shape index (κ1) is 12.8. The van der Waals surface area contributed by atoms with Gasteiger partial charge in [-0.05, 0) is 17.7 Å². The summed E-state index contributed by atoms with van der Waals surface area (Å²) in [7, 11) is 0. The highest BCUT2D eigenvalue weighted by Crippen LogP contribution is 2.03. The van der Waals surface area contributed by atoms with Crippen LogP contribution in [-0.2, 0) is 0 Å². The molecule has 0 spiro atoms. The standard InChI is InChI=1S/C12H16FNO2/c13-11-5-3-10(4-6-11)2-1-7-14-12(8-15)9-16/h1-6,12,14-16H,7-9H2/b2-1+. The van der Waals surface area contributed by atoms with Crippen LogP contribution in [0.5, 0.6) is 0 Å². The summed E-state index contributed by atoms with van der Waals surface area (Å²) in [5, 5.41) is 20.5. The molecule has 0 saturated heterocycles. The van der Waals surface area contributed by atoms with Crippen molar-refractivity contribution in [2.45, 2.75) is 6.04 Å². The smallest absolute Gasteiger partial charge is 0.123 e. The van der Waals surface area contributed by atoms with E-state index in [1.54, 1.807) is 12.1 Å². The van der Waals surface area contributed by atoms with Gasteiger partial charge in [0.25, 0.3) is 0 Å². The minimum Gasteiger partial charge on any atom is -0.395 e. The van der Waals surface area contributed by atoms with Crippen LogP contribution in [0.2, 0.25) is 0 Å². The lowest BCUT2D eigenvalue weighted by molar-refractivity contribution is 0.174. The van der Waals surface area contributed by atoms with E-state index >= 15 is 0 Å². The van der Waals surface area contributed by atoms with Gasteiger partial charge in [0.2, 0.25) is 0 Å². The molecule has 0 radical (unpaired) electrons. The summed E-state index contributed by atoms with van der Waals surface area (Å²) in [6.45, 7) is 0.352. The summed E-state index contributed by atoms with van der Waals surface area (Å²) in [4.78, 5) is 0. The third-order valence-corrected chi connectivity index (χ3v) is 2.15. The maximum absolute atomic E-state index is 12.6. The van der Waals surface area contributed by atoms with Crippen molar-refractivity contribution >= 4 is 6.08 Å². The van der Waals surface area contributed by atoms with Crippen molar-refractivity contribution in [3.8, 4) is 0 Å². The molecule has 0 amide bonds. The Bertz CT molecular complexity index is 320. The van der Waals surface area contributed by atoms with E-state index in [4.69, 9.17) is 10.2 Å². The largest absolute Gasteiger partial charge is 0.395 e. The molecule has 0 aliphatic heterocycles. The van der Waals surface area contributed by atoms with E-state index in [1.807, 2.05) is 12.2 Å². The third kappa shape index (κ3) is 4.53. The first-order chi connectivity index (χ1) is 7.76. The topological polar surface area (TPSA) is 52.5 Å². The van der Waals surface area contributed by atoms with Gasteiger partial charge in [0.15, 0.2) is 0 Å². The molecule has 3 N–H and O–H groups in total. The molecular formula is C12H16FNO2. The number of hydrogen-bond donors (Lipinski definition) is 3. The number of rotatable bonds is 6. The van der Waals surface area contributed by atoms with Crippen molar-refractivity contribution in [2.75, 3.05) is 19.8 Å². The molecular weight excluding hydrogens is 209 g/mol. The number of aliphatic hydroxyl groups excluding tert-OH is 2. The van der Waals surface area contributed by atoms with E-state index in [9.17, 15) is 4.39 Å². The van der Waals surface area contributed by atoms with Gasteiger partial charge in [-0.15, -0.1) is 0 Å². The molecule has 0 aliphatic carbocycles. The van der Waals surface area contributed by atoms with Crippen LogP contribution in [0.25, 0.3) is 6.08 Å². The van der Waals surface area contributed by atoms with Gasteiger partial charge in [-0.2, -0.15) is 0 Å². The molecule has 1 rings (SSSR count). The average Bonchev–Trinajstić information content (AvgIpc) is 2.32. The fourth-order valence-electron chi connectivity index (χ4n) is 1.19. The van der Waals surface area contributed by atoms with Crippen molar-refractivity contribution in [3.63, 3.8) is 0 Å². The second-order valence-electron chi connectivity index (χ2n) is 3.42. The SMILES string of the molecule is OCC(CO)NC/C=C/c1ccc(F)cc1. The monoisotopic (exact) mass is 225 g/mol. The van der Waals surface area contributed by atoms with Crippen molar-refractivity contribution < 1.29 is 14.6 Å². The van der Waals surface area contributed by atoms with Crippen molar-refractivity contribution in [1.29, 1.82) is 0 Å². The maximum atomic E-state index is 12.6. The number of halogens is 1. The molecule has 16 heavy (non-hydrogen) atoms. The van der Waals surface area contributed by atoms with Gasteiger partial charge in [0.05, 0.1) is 19.3 Å². The second kappa shape index (κ2) is 7.11. The Hall–Kier alpha value is -1.23. The summed E-state index contributed by atoms with van der Waals surface area (Å²) in [6.07, 6.45) is 3.70. The zero-order valence-corrected chi connectivity index (χ0v) is 8.94. The van der Waals surface area contributed by atoms with Crippen LogP contribution in [0.1, 0.15) is 5.56 Å². The van der Waals surface area contributed by atoms with E-state index in [0.29, 0.717) is 6.54 Å². The summed E-state index contributed by atoms with van der Waals surface area (Å²) in [6, 6.07) is 5.87. The van der Waals surface area contributed by atoms with Gasteiger partial charge >= 0.3 is 0 Å². The lowest BCUT2D eigenvalue weighted by Crippen LogP contribution is -2.35. The van der Waals surface area contributed by atoms with E-state index in [1.165, 1.54) is 12.1 Å². The van der Waals surface area contributed by atoms with Gasteiger partial charge < -0.3 is 15.5 Å². The van der Waals surface area contributed by atoms with Crippen LogP contribution in [-0.4, -0.2) is 36.0 Å². The third-order valence-electron chi connectivity index (χ3n) is 2.15. The minimum atomic E-state index is -0.294. The summed E-state index contributed by atoms with van der Waals surface area (Å²) < 4.78 is 12.6. The lowest BCUT2D eigenvalue weighted by atomic mass is 10.2. The van der Waals surface area contributed by atoms with Crippen LogP contribution in [0.15, 0.2) is 30.3 Å². The van der Waals surface area contributed by atoms with Crippen LogP contribution in [0.4, 0.5) is 4.39 Å². The van der Waals surface area contributed by atoms with Crippen LogP contribution < -0.4 is 5.32 Å². The molecule has 0 fully saturated rings. The Morgan fingerprint density at radius 3 is 2.38 bits per heavy atom. The zero-order chi connectivity index (χ0) is 11.8. The molecule has 1 aromatic rings. The van der Waals surface area contributed by atoms with Gasteiger partial charge in [0.1, 0.15) is 5.82 Å². The highest BCUT2D eigenvalue weighted by Gasteiger charge is 2.01. The fraction of sp³-hybridized carbons (Fsp3) is 0.333. The normalized spacial score (nSPS) is 11.5. The van der Waals surface area contributed by atoms with Crippen molar-refractivity contribution in [3.05, 3.63) is 41.7 Å². The van der Waals surface area contributed by atoms with Gasteiger partial charge in [-0.3, -0.25) is 0 Å². The molecule has 0 heterocycles. The molecule has 3 nitrogen and oxygen atoms in total. The fourth-order valence-corrected chi connectivity index (χ4v) is 1.19. The van der Waals surface area contributed by atoms with E-state index < -0.39 is 0 Å². The number of benzene rings is 1. The summed E-state index contributed by atoms with van der Waals surface area (Å²) in [5.41, 5.74) is 0.910. The highest BCUT2D eigenvalue weighted by atomic mass is 19.1. The number of nitrogens with one attached hydrogen (secondary N) is 1. The number of aliphatic hydroxyl groups is 2. The minimum absolute atomic E-state index is 0.0963. The molecule has 4 heteroatoms. The Kier molecular flexibility index (Phi) is 5.71. The summed E-state index contributed by atoms with van der Waals surface area (Å²) in [5.74, 6) is -0.254. The van der Waals surface area contributed by atoms with Crippen LogP contribution in [0.3, 0.4) is 0 Å². The first-order valence-corrected chi connectivity index (χ1v) is 5.13. The van der Waals surface area contributed by atoms with Gasteiger partial charge in [-0.25, -0.2) is 4.39 Å². The van der Waals surface area contributed by atoms with Crippen molar-refractivity contribution in [2.24, 2.45) is 0 Å². The molecule has 0 unspecified atom stereocenters. The molecule has 0 aromatic heterocycles. The first-order valence-electron chi connectivity index (χ1n) is 5.13. The van der Waals surface area contributed by atoms with E-state index in [0.717, 1.165) is 5.56 Å². The second-order valence-corrected chi connectivity index (χ2v) is 3.42. The van der Waals surface area contributed by atoms with Crippen LogP contribution in [0, 0.1) is 5.82 Å². The number of hydrogen-bond acceptors (Lipinski definition) is 3. The molecule has 0 saturated carbocycles. The Morgan fingerprint density at radius 1 is 1.19 bits per heavy atom. The van der Waals surface area contributed by atoms with E-state index in [-0.39, 0.29) is 25.1 Å². The lowest BCUT2D eigenvalue weighted by Gasteiger charge is -2.10. The Morgan fingerprint density at radius 2 is 1.81 bits per heavy atom. The average molecular weight is 225 g/mol. The Balaban J connectivity index is 2.34. The molecule has 88 valence electrons. The van der Waals surface area contributed by atoms with Gasteiger partial charge in [-0.1, -0.05) is 24.3 Å². The van der Waals surface area contributed by atoms with E-state index in [2.05, 4.69) is 5.32 Å². The van der Waals surface area contributed by atoms with Crippen molar-refractivity contribution in [1.82, 2.24) is 5.32 Å². The molecule has 0 aliphatic rings. The Labute approximate surface area is 94.2 Å². The summed E-state index contributed by atoms with van der Waals surface area (Å²) >= 11 is 0. The quantitative estimate of drug-likeness (QED) is 0.670. The maximum Gasteiger partial charge on any atom is 0.123 e. The predicted molar refractivity (Wildman–Crippen MR) is 61.4 cm³/mol. The molecule has 0 bridgehead atoms. The van der Waals surface area contributed by atoms with Gasteiger partial charge in [0, 0.05) is 6.54 Å². The van der Waals surface area contributed by atoms with Crippen LogP contribution >= 0.6 is 0 Å². The highest BCUT2D eigenvalue weighted by molar-refractivity contribution is 5.48. The molecule has 1 aromatic carbocycles. The molecule has 0 atom stereocenters. The zero-order valence-electron chi connectivity index (χ0n) is 8.94. The predicted octanol–water partition coefficient (Wildman–Crippen LogP) is 0.782.